The van der Waals surface area contributed by atoms with Crippen molar-refractivity contribution >= 4 is 28.4 Å². The lowest BCUT2D eigenvalue weighted by Gasteiger charge is -2.37. The number of nitrogens with two attached hydrogens (primary N) is 1. The maximum absolute atomic E-state index is 13.5. The molecule has 1 aliphatic carbocycles. The number of fused-ring (bicyclic) bond motifs is 5. The first-order valence-electron chi connectivity index (χ1n) is 11.1. The number of halogens is 2. The second-order valence-corrected chi connectivity index (χ2v) is 8.74. The van der Waals surface area contributed by atoms with Gasteiger partial charge in [0.15, 0.2) is 23.0 Å². The number of hydrogen-bond donors (Lipinski definition) is 1. The van der Waals surface area contributed by atoms with Gasteiger partial charge < -0.3 is 20.1 Å². The van der Waals surface area contributed by atoms with E-state index >= 15 is 0 Å². The highest BCUT2D eigenvalue weighted by molar-refractivity contribution is 5.97. The van der Waals surface area contributed by atoms with Crippen molar-refractivity contribution in [2.75, 3.05) is 31.9 Å². The van der Waals surface area contributed by atoms with Gasteiger partial charge in [-0.05, 0) is 25.0 Å². The van der Waals surface area contributed by atoms with Gasteiger partial charge in [-0.25, -0.2) is 9.97 Å². The van der Waals surface area contributed by atoms with Crippen LogP contribution in [0.25, 0.3) is 16.6 Å². The first-order valence-corrected chi connectivity index (χ1v) is 11.1. The summed E-state index contributed by atoms with van der Waals surface area (Å²) in [6.45, 7) is 2.60. The Hall–Kier alpha value is -3.28. The summed E-state index contributed by atoms with van der Waals surface area (Å²) in [5.74, 6) is 0.441. The minimum atomic E-state index is -3.75. The van der Waals surface area contributed by atoms with Gasteiger partial charge in [-0.1, -0.05) is 12.8 Å². The Labute approximate surface area is 187 Å². The first kappa shape index (κ1) is 20.3. The summed E-state index contributed by atoms with van der Waals surface area (Å²) in [5.41, 5.74) is 6.57. The van der Waals surface area contributed by atoms with Crippen LogP contribution in [-0.4, -0.2) is 73.8 Å². The van der Waals surface area contributed by atoms with E-state index < -0.39 is 6.29 Å². The molecule has 6 rings (SSSR count). The number of piperazine rings is 1. The van der Waals surface area contributed by atoms with Gasteiger partial charge in [0.25, 0.3) is 0 Å². The molecule has 0 atom stereocenters. The quantitative estimate of drug-likeness (QED) is 0.629. The Morgan fingerprint density at radius 3 is 2.76 bits per heavy atom. The molecule has 3 aromatic rings. The second-order valence-electron chi connectivity index (χ2n) is 8.74. The third-order valence-electron chi connectivity index (χ3n) is 6.63. The lowest BCUT2D eigenvalue weighted by atomic mass is 10.1. The Balaban J connectivity index is 1.21. The molecule has 1 amide bonds. The van der Waals surface area contributed by atoms with E-state index in [9.17, 15) is 13.6 Å². The second kappa shape index (κ2) is 7.37. The highest BCUT2D eigenvalue weighted by Crippen LogP contribution is 2.45. The van der Waals surface area contributed by atoms with E-state index in [0.717, 1.165) is 25.9 Å². The predicted octanol–water partition coefficient (Wildman–Crippen LogP) is 1.81. The zero-order valence-electron chi connectivity index (χ0n) is 17.8. The SMILES string of the molecule is Nc1nc2c3c(ccc2c2nc(CCN4CCN(C5CCCC5)C(=O)C4)nn12)OC(F)(F)O3. The van der Waals surface area contributed by atoms with Gasteiger partial charge in [-0.15, -0.1) is 13.9 Å². The van der Waals surface area contributed by atoms with Crippen LogP contribution in [0.3, 0.4) is 0 Å². The van der Waals surface area contributed by atoms with Gasteiger partial charge >= 0.3 is 6.29 Å². The number of benzene rings is 1. The van der Waals surface area contributed by atoms with Crippen LogP contribution in [0.1, 0.15) is 31.5 Å². The summed E-state index contributed by atoms with van der Waals surface area (Å²) in [4.78, 5) is 25.5. The molecule has 0 radical (unpaired) electrons. The summed E-state index contributed by atoms with van der Waals surface area (Å²) in [7, 11) is 0. The zero-order valence-corrected chi connectivity index (χ0v) is 17.8. The molecule has 2 aromatic heterocycles. The van der Waals surface area contributed by atoms with Crippen LogP contribution >= 0.6 is 0 Å². The van der Waals surface area contributed by atoms with E-state index in [1.165, 1.54) is 23.4 Å². The average molecular weight is 459 g/mol. The summed E-state index contributed by atoms with van der Waals surface area (Å²) < 4.78 is 37.6. The summed E-state index contributed by atoms with van der Waals surface area (Å²) >= 11 is 0. The minimum absolute atomic E-state index is 0.00354. The van der Waals surface area contributed by atoms with Crippen molar-refractivity contribution in [1.29, 1.82) is 0 Å². The number of alkyl halides is 2. The Morgan fingerprint density at radius 1 is 1.15 bits per heavy atom. The molecule has 2 fully saturated rings. The highest BCUT2D eigenvalue weighted by atomic mass is 19.3. The van der Waals surface area contributed by atoms with Crippen LogP contribution in [0.4, 0.5) is 14.7 Å². The normalized spacial score (nSPS) is 21.0. The molecule has 33 heavy (non-hydrogen) atoms. The number of anilines is 1. The van der Waals surface area contributed by atoms with Crippen molar-refractivity contribution in [3.8, 4) is 11.5 Å². The van der Waals surface area contributed by atoms with E-state index in [4.69, 9.17) is 5.73 Å². The third kappa shape index (κ3) is 3.48. The van der Waals surface area contributed by atoms with Crippen molar-refractivity contribution in [1.82, 2.24) is 29.4 Å². The average Bonchev–Trinajstić information content (AvgIpc) is 3.50. The number of amides is 1. The first-order chi connectivity index (χ1) is 15.9. The molecule has 0 unspecified atom stereocenters. The number of ether oxygens (including phenoxy) is 2. The zero-order chi connectivity index (χ0) is 22.7. The van der Waals surface area contributed by atoms with E-state index in [0.29, 0.717) is 42.4 Å². The molecule has 2 aliphatic heterocycles. The fourth-order valence-electron chi connectivity index (χ4n) is 5.03. The van der Waals surface area contributed by atoms with Gasteiger partial charge in [-0.3, -0.25) is 9.69 Å². The van der Waals surface area contributed by atoms with Crippen LogP contribution < -0.4 is 15.2 Å². The topological polar surface area (TPSA) is 111 Å². The third-order valence-corrected chi connectivity index (χ3v) is 6.63. The molecule has 1 saturated carbocycles. The number of carbonyl (C=O) groups is 1. The molecule has 12 heteroatoms. The van der Waals surface area contributed by atoms with Gasteiger partial charge in [0.05, 0.1) is 6.54 Å². The highest BCUT2D eigenvalue weighted by Gasteiger charge is 2.45. The van der Waals surface area contributed by atoms with Crippen molar-refractivity contribution in [2.45, 2.75) is 44.4 Å². The van der Waals surface area contributed by atoms with Crippen LogP contribution in [0.5, 0.6) is 11.5 Å². The lowest BCUT2D eigenvalue weighted by molar-refractivity contribution is -0.286. The number of aromatic nitrogens is 4. The predicted molar refractivity (Wildman–Crippen MR) is 113 cm³/mol. The van der Waals surface area contributed by atoms with E-state index in [-0.39, 0.29) is 28.9 Å². The molecule has 4 heterocycles. The fourth-order valence-corrected chi connectivity index (χ4v) is 5.03. The fraction of sp³-hybridized carbons (Fsp3) is 0.524. The molecule has 0 spiro atoms. The molecule has 1 saturated heterocycles. The number of rotatable bonds is 4. The van der Waals surface area contributed by atoms with Gasteiger partial charge in [0.1, 0.15) is 5.52 Å². The molecule has 2 N–H and O–H groups in total. The van der Waals surface area contributed by atoms with Gasteiger partial charge in [-0.2, -0.15) is 4.52 Å². The minimum Gasteiger partial charge on any atom is -0.395 e. The maximum atomic E-state index is 13.5. The molecule has 10 nitrogen and oxygen atoms in total. The van der Waals surface area contributed by atoms with E-state index in [1.807, 2.05) is 4.90 Å². The smallest absolute Gasteiger partial charge is 0.395 e. The van der Waals surface area contributed by atoms with Gasteiger partial charge in [0.2, 0.25) is 11.9 Å². The van der Waals surface area contributed by atoms with Crippen LogP contribution in [-0.2, 0) is 11.2 Å². The largest absolute Gasteiger partial charge is 0.586 e. The Bertz CT molecular complexity index is 1260. The summed E-state index contributed by atoms with van der Waals surface area (Å²) in [5, 5.41) is 4.92. The number of nitrogens with zero attached hydrogens (tertiary/aromatic N) is 6. The van der Waals surface area contributed by atoms with Gasteiger partial charge in [0, 0.05) is 37.5 Å². The maximum Gasteiger partial charge on any atom is 0.586 e. The number of hydrogen-bond acceptors (Lipinski definition) is 8. The molecule has 0 bridgehead atoms. The molecule has 174 valence electrons. The lowest BCUT2D eigenvalue weighted by Crippen LogP contribution is -2.53. The molecular weight excluding hydrogens is 436 g/mol. The van der Waals surface area contributed by atoms with E-state index in [2.05, 4.69) is 29.4 Å². The standard InChI is InChI=1S/C21H23F2N7O3/c22-21(23)32-14-6-5-13-17(18(14)33-21)26-20(24)30-19(13)25-15(27-30)7-8-28-9-10-29(16(31)11-28)12-3-1-2-4-12/h5-6,12H,1-4,7-11H2,(H2,24,26). The molecular formula is C21H23F2N7O3. The summed E-state index contributed by atoms with van der Waals surface area (Å²) in [6, 6.07) is 3.37. The van der Waals surface area contributed by atoms with Crippen molar-refractivity contribution in [3.63, 3.8) is 0 Å². The van der Waals surface area contributed by atoms with Crippen molar-refractivity contribution < 1.29 is 23.0 Å². The molecule has 3 aliphatic rings. The monoisotopic (exact) mass is 459 g/mol. The van der Waals surface area contributed by atoms with Crippen LogP contribution in [0, 0.1) is 0 Å². The number of nitrogen functional groups attached to an aromatic ring is 1. The van der Waals surface area contributed by atoms with Crippen LogP contribution in [0.2, 0.25) is 0 Å². The Kier molecular flexibility index (Phi) is 4.54. The summed E-state index contributed by atoms with van der Waals surface area (Å²) in [6.07, 6.45) is 1.39. The molecule has 1 aromatic carbocycles. The van der Waals surface area contributed by atoms with E-state index in [1.54, 1.807) is 6.07 Å². The van der Waals surface area contributed by atoms with Crippen molar-refractivity contribution in [3.05, 3.63) is 18.0 Å². The number of carbonyl (C=O) groups excluding carboxylic acids is 1. The Morgan fingerprint density at radius 2 is 1.97 bits per heavy atom. The van der Waals surface area contributed by atoms with Crippen molar-refractivity contribution in [2.24, 2.45) is 0 Å². The van der Waals surface area contributed by atoms with Crippen LogP contribution in [0.15, 0.2) is 12.1 Å².